The molecular formula is C13H16N4O2S2. The lowest BCUT2D eigenvalue weighted by Gasteiger charge is -2.09. The molecule has 112 valence electrons. The first-order chi connectivity index (χ1) is 10.2. The van der Waals surface area contributed by atoms with Crippen molar-refractivity contribution in [1.29, 1.82) is 0 Å². The van der Waals surface area contributed by atoms with Gasteiger partial charge < -0.3 is 10.4 Å². The van der Waals surface area contributed by atoms with E-state index < -0.39 is 6.10 Å². The van der Waals surface area contributed by atoms with Crippen LogP contribution in [0, 0.1) is 0 Å². The molecule has 6 nitrogen and oxygen atoms in total. The third-order valence-corrected chi connectivity index (χ3v) is 4.18. The molecule has 0 aliphatic rings. The van der Waals surface area contributed by atoms with Gasteiger partial charge in [-0.15, -0.1) is 11.3 Å². The molecule has 1 amide bonds. The maximum Gasteiger partial charge on any atom is 0.249 e. The van der Waals surface area contributed by atoms with Gasteiger partial charge in [-0.1, -0.05) is 0 Å². The van der Waals surface area contributed by atoms with Crippen LogP contribution in [0.4, 0.5) is 0 Å². The lowest BCUT2D eigenvalue weighted by atomic mass is 10.2. The molecular weight excluding hydrogens is 308 g/mol. The maximum atomic E-state index is 11.7. The van der Waals surface area contributed by atoms with Crippen LogP contribution in [0.25, 0.3) is 10.8 Å². The molecule has 0 radical (unpaired) electrons. The van der Waals surface area contributed by atoms with Crippen molar-refractivity contribution in [1.82, 2.24) is 20.3 Å². The fraction of sp³-hybridized carbons (Fsp3) is 0.385. The standard InChI is InChI=1S/C13H16N4O2S2/c1-20-6-3-10(18)12(19)16-7-9-8-21-13(17-9)11-14-4-2-5-15-11/h2,4-5,8,10,18H,3,6-7H2,1H3,(H,16,19)/t10-/m1/s1. The summed E-state index contributed by atoms with van der Waals surface area (Å²) in [4.78, 5) is 24.3. The highest BCUT2D eigenvalue weighted by molar-refractivity contribution is 7.98. The van der Waals surface area contributed by atoms with Gasteiger partial charge in [-0.2, -0.15) is 11.8 Å². The molecule has 0 spiro atoms. The number of thioether (sulfide) groups is 1. The predicted octanol–water partition coefficient (Wildman–Crippen LogP) is 1.33. The van der Waals surface area contributed by atoms with E-state index in [1.807, 2.05) is 11.6 Å². The first-order valence-corrected chi connectivity index (χ1v) is 8.64. The fourth-order valence-electron chi connectivity index (χ4n) is 1.56. The molecule has 0 fully saturated rings. The van der Waals surface area contributed by atoms with Crippen LogP contribution < -0.4 is 5.32 Å². The average molecular weight is 324 g/mol. The Morgan fingerprint density at radius 3 is 2.95 bits per heavy atom. The van der Waals surface area contributed by atoms with Crippen molar-refractivity contribution in [2.75, 3.05) is 12.0 Å². The van der Waals surface area contributed by atoms with E-state index in [-0.39, 0.29) is 5.91 Å². The number of carbonyl (C=O) groups excluding carboxylic acids is 1. The number of rotatable bonds is 7. The molecule has 0 bridgehead atoms. The van der Waals surface area contributed by atoms with Gasteiger partial charge in [0.1, 0.15) is 6.10 Å². The summed E-state index contributed by atoms with van der Waals surface area (Å²) in [5, 5.41) is 14.9. The normalized spacial score (nSPS) is 12.1. The number of aliphatic hydroxyl groups excluding tert-OH is 1. The Morgan fingerprint density at radius 1 is 1.48 bits per heavy atom. The number of aliphatic hydroxyl groups is 1. The Bertz CT molecular complexity index is 577. The van der Waals surface area contributed by atoms with Crippen molar-refractivity contribution in [3.63, 3.8) is 0 Å². The van der Waals surface area contributed by atoms with Crippen molar-refractivity contribution < 1.29 is 9.90 Å². The molecule has 2 heterocycles. The van der Waals surface area contributed by atoms with E-state index >= 15 is 0 Å². The SMILES string of the molecule is CSCC[C@@H](O)C(=O)NCc1csc(-c2ncccn2)n1. The molecule has 0 unspecified atom stereocenters. The van der Waals surface area contributed by atoms with Crippen molar-refractivity contribution in [3.8, 4) is 10.8 Å². The first-order valence-electron chi connectivity index (χ1n) is 6.37. The molecule has 0 aliphatic carbocycles. The Hall–Kier alpha value is -1.51. The number of aromatic nitrogens is 3. The van der Waals surface area contributed by atoms with Gasteiger partial charge in [0.15, 0.2) is 10.8 Å². The van der Waals surface area contributed by atoms with Gasteiger partial charge in [0, 0.05) is 17.8 Å². The molecule has 21 heavy (non-hydrogen) atoms. The minimum atomic E-state index is -0.965. The highest BCUT2D eigenvalue weighted by Crippen LogP contribution is 2.19. The smallest absolute Gasteiger partial charge is 0.249 e. The van der Waals surface area contributed by atoms with Crippen LogP contribution in [-0.2, 0) is 11.3 Å². The fourth-order valence-corrected chi connectivity index (χ4v) is 2.78. The third-order valence-electron chi connectivity index (χ3n) is 2.65. The van der Waals surface area contributed by atoms with Crippen molar-refractivity contribution in [2.24, 2.45) is 0 Å². The van der Waals surface area contributed by atoms with E-state index in [2.05, 4.69) is 20.3 Å². The number of amides is 1. The molecule has 8 heteroatoms. The summed E-state index contributed by atoms with van der Waals surface area (Å²) in [6.07, 6.45) is 4.74. The quantitative estimate of drug-likeness (QED) is 0.799. The Morgan fingerprint density at radius 2 is 2.24 bits per heavy atom. The van der Waals surface area contributed by atoms with Gasteiger partial charge in [0.05, 0.1) is 12.2 Å². The zero-order chi connectivity index (χ0) is 15.1. The van der Waals surface area contributed by atoms with Crippen LogP contribution in [0.2, 0.25) is 0 Å². The maximum absolute atomic E-state index is 11.7. The molecule has 0 aliphatic heterocycles. The van der Waals surface area contributed by atoms with E-state index in [9.17, 15) is 9.90 Å². The number of thiazole rings is 1. The highest BCUT2D eigenvalue weighted by Gasteiger charge is 2.14. The molecule has 0 aromatic carbocycles. The average Bonchev–Trinajstić information content (AvgIpc) is 3.00. The van der Waals surface area contributed by atoms with Gasteiger partial charge in [-0.25, -0.2) is 15.0 Å². The third kappa shape index (κ3) is 4.76. The van der Waals surface area contributed by atoms with Crippen LogP contribution in [0.15, 0.2) is 23.8 Å². The van der Waals surface area contributed by atoms with Gasteiger partial charge in [0.2, 0.25) is 5.91 Å². The summed E-state index contributed by atoms with van der Waals surface area (Å²) in [6.45, 7) is 0.290. The Kier molecular flexibility index (Phi) is 6.09. The van der Waals surface area contributed by atoms with E-state index in [1.165, 1.54) is 11.3 Å². The van der Waals surface area contributed by atoms with Gasteiger partial charge in [-0.3, -0.25) is 4.79 Å². The van der Waals surface area contributed by atoms with E-state index in [4.69, 9.17) is 0 Å². The minimum Gasteiger partial charge on any atom is -0.383 e. The highest BCUT2D eigenvalue weighted by atomic mass is 32.2. The predicted molar refractivity (Wildman–Crippen MR) is 84.0 cm³/mol. The van der Waals surface area contributed by atoms with Crippen LogP contribution in [0.1, 0.15) is 12.1 Å². The summed E-state index contributed by atoms with van der Waals surface area (Å²) < 4.78 is 0. The Balaban J connectivity index is 1.87. The van der Waals surface area contributed by atoms with Crippen LogP contribution in [0.5, 0.6) is 0 Å². The van der Waals surface area contributed by atoms with Crippen LogP contribution in [-0.4, -0.2) is 44.1 Å². The summed E-state index contributed by atoms with van der Waals surface area (Å²) in [5.41, 5.74) is 0.730. The van der Waals surface area contributed by atoms with E-state index in [0.29, 0.717) is 23.8 Å². The van der Waals surface area contributed by atoms with Gasteiger partial charge >= 0.3 is 0 Å². The second kappa shape index (κ2) is 8.06. The lowest BCUT2D eigenvalue weighted by molar-refractivity contribution is -0.129. The summed E-state index contributed by atoms with van der Waals surface area (Å²) in [7, 11) is 0. The lowest BCUT2D eigenvalue weighted by Crippen LogP contribution is -2.34. The molecule has 2 N–H and O–H groups in total. The first kappa shape index (κ1) is 15.9. The number of hydrogen-bond acceptors (Lipinski definition) is 7. The minimum absolute atomic E-state index is 0.290. The molecule has 0 saturated heterocycles. The number of hydrogen-bond donors (Lipinski definition) is 2. The second-order valence-corrected chi connectivity index (χ2v) is 6.08. The summed E-state index contributed by atoms with van der Waals surface area (Å²) in [5.74, 6) is 0.954. The van der Waals surface area contributed by atoms with Crippen molar-refractivity contribution in [2.45, 2.75) is 19.1 Å². The van der Waals surface area contributed by atoms with E-state index in [0.717, 1.165) is 11.4 Å². The molecule has 2 aromatic rings. The van der Waals surface area contributed by atoms with Crippen molar-refractivity contribution in [3.05, 3.63) is 29.5 Å². The second-order valence-electron chi connectivity index (χ2n) is 4.23. The van der Waals surface area contributed by atoms with Crippen LogP contribution >= 0.6 is 23.1 Å². The largest absolute Gasteiger partial charge is 0.383 e. The van der Waals surface area contributed by atoms with Gasteiger partial charge in [-0.05, 0) is 24.5 Å². The zero-order valence-electron chi connectivity index (χ0n) is 11.5. The number of carbonyl (C=O) groups is 1. The number of nitrogens with zero attached hydrogens (tertiary/aromatic N) is 3. The van der Waals surface area contributed by atoms with Gasteiger partial charge in [0.25, 0.3) is 0 Å². The van der Waals surface area contributed by atoms with Crippen LogP contribution in [0.3, 0.4) is 0 Å². The number of nitrogens with one attached hydrogen (secondary N) is 1. The van der Waals surface area contributed by atoms with E-state index in [1.54, 1.807) is 30.2 Å². The topological polar surface area (TPSA) is 88.0 Å². The Labute approximate surface area is 131 Å². The molecule has 1 atom stereocenters. The summed E-state index contributed by atoms with van der Waals surface area (Å²) in [6, 6.07) is 1.74. The monoisotopic (exact) mass is 324 g/mol. The molecule has 2 aromatic heterocycles. The summed E-state index contributed by atoms with van der Waals surface area (Å²) >= 11 is 3.02. The van der Waals surface area contributed by atoms with Crippen molar-refractivity contribution >= 4 is 29.0 Å². The zero-order valence-corrected chi connectivity index (χ0v) is 13.2. The molecule has 2 rings (SSSR count). The molecule has 0 saturated carbocycles.